The molecule has 0 atom stereocenters. The second kappa shape index (κ2) is 7.38. The molecule has 0 unspecified atom stereocenters. The third-order valence-electron chi connectivity index (χ3n) is 3.34. The third-order valence-corrected chi connectivity index (χ3v) is 3.93. The summed E-state index contributed by atoms with van der Waals surface area (Å²) >= 11 is 11.5. The highest BCUT2D eigenvalue weighted by Crippen LogP contribution is 2.25. The number of rotatable bonds is 4. The van der Waals surface area contributed by atoms with Crippen molar-refractivity contribution in [2.75, 3.05) is 0 Å². The van der Waals surface area contributed by atoms with Crippen LogP contribution in [0.1, 0.15) is 12.5 Å². The van der Waals surface area contributed by atoms with Crippen LogP contribution in [0.4, 0.5) is 0 Å². The highest BCUT2D eigenvalue weighted by atomic mass is 35.5. The van der Waals surface area contributed by atoms with Gasteiger partial charge in [0.15, 0.2) is 5.82 Å². The number of halogens is 1. The molecule has 1 aromatic heterocycles. The van der Waals surface area contributed by atoms with E-state index >= 15 is 0 Å². The van der Waals surface area contributed by atoms with Crippen molar-refractivity contribution in [3.8, 4) is 11.4 Å². The van der Waals surface area contributed by atoms with E-state index in [4.69, 9.17) is 23.8 Å². The van der Waals surface area contributed by atoms with E-state index in [2.05, 4.69) is 15.3 Å². The molecular weight excluding hydrogens is 340 g/mol. The van der Waals surface area contributed by atoms with Gasteiger partial charge in [-0.15, -0.1) is 0 Å². The van der Waals surface area contributed by atoms with Gasteiger partial charge in [0.05, 0.1) is 11.2 Å². The van der Waals surface area contributed by atoms with E-state index in [1.54, 1.807) is 10.9 Å². The van der Waals surface area contributed by atoms with Gasteiger partial charge in [-0.3, -0.25) is 0 Å². The minimum Gasteiger partial charge on any atom is -0.250 e. The summed E-state index contributed by atoms with van der Waals surface area (Å²) in [6, 6.07) is 17.5. The summed E-state index contributed by atoms with van der Waals surface area (Å²) in [6.45, 7) is 1.98. The number of H-pyrrole nitrogens is 1. The molecule has 1 N–H and O–H groups in total. The maximum atomic E-state index is 6.25. The normalized spacial score (nSPS) is 12.0. The molecule has 0 radical (unpaired) electrons. The molecule has 0 aliphatic carbocycles. The predicted octanol–water partition coefficient (Wildman–Crippen LogP) is 5.20. The quantitative estimate of drug-likeness (QED) is 0.517. The lowest BCUT2D eigenvalue weighted by atomic mass is 10.1. The standard InChI is InChI=1S/C18H15ClN4S/c1-13(11-14-7-3-2-4-8-14)12-20-23-17(21-22-18(23)24)15-9-5-6-10-16(15)19/h2-12H,1H3,(H,22,24). The van der Waals surface area contributed by atoms with E-state index in [-0.39, 0.29) is 0 Å². The maximum Gasteiger partial charge on any atom is 0.216 e. The lowest BCUT2D eigenvalue weighted by molar-refractivity contribution is 0.871. The van der Waals surface area contributed by atoms with Gasteiger partial charge < -0.3 is 0 Å². The van der Waals surface area contributed by atoms with Gasteiger partial charge in [0.1, 0.15) is 0 Å². The Morgan fingerprint density at radius 3 is 2.62 bits per heavy atom. The van der Waals surface area contributed by atoms with E-state index in [0.717, 1.165) is 16.7 Å². The molecule has 0 fully saturated rings. The highest BCUT2D eigenvalue weighted by Gasteiger charge is 2.10. The van der Waals surface area contributed by atoms with Crippen molar-refractivity contribution < 1.29 is 0 Å². The fourth-order valence-corrected chi connectivity index (χ4v) is 2.61. The zero-order valence-corrected chi connectivity index (χ0v) is 14.6. The minimum absolute atomic E-state index is 0.411. The average molecular weight is 355 g/mol. The number of aromatic amines is 1. The first-order valence-corrected chi connectivity index (χ1v) is 8.14. The van der Waals surface area contributed by atoms with Crippen LogP contribution in [0.3, 0.4) is 0 Å². The van der Waals surface area contributed by atoms with Crippen LogP contribution in [0.15, 0.2) is 65.3 Å². The summed E-state index contributed by atoms with van der Waals surface area (Å²) in [5.74, 6) is 0.578. The lowest BCUT2D eigenvalue weighted by Gasteiger charge is -2.03. The van der Waals surface area contributed by atoms with Crippen molar-refractivity contribution >= 4 is 36.1 Å². The van der Waals surface area contributed by atoms with Gasteiger partial charge in [-0.2, -0.15) is 14.9 Å². The lowest BCUT2D eigenvalue weighted by Crippen LogP contribution is -1.95. The van der Waals surface area contributed by atoms with Gasteiger partial charge in [0.2, 0.25) is 4.77 Å². The van der Waals surface area contributed by atoms with Crippen molar-refractivity contribution in [2.24, 2.45) is 5.10 Å². The van der Waals surface area contributed by atoms with Gasteiger partial charge in [-0.1, -0.05) is 60.1 Å². The molecule has 2 aromatic carbocycles. The smallest absolute Gasteiger partial charge is 0.216 e. The number of hydrogen-bond donors (Lipinski definition) is 1. The monoisotopic (exact) mass is 354 g/mol. The first-order valence-electron chi connectivity index (χ1n) is 7.35. The van der Waals surface area contributed by atoms with Crippen molar-refractivity contribution in [1.82, 2.24) is 14.9 Å². The van der Waals surface area contributed by atoms with Crippen LogP contribution < -0.4 is 0 Å². The summed E-state index contributed by atoms with van der Waals surface area (Å²) in [5, 5.41) is 12.0. The molecule has 4 nitrogen and oxygen atoms in total. The molecule has 0 spiro atoms. The first-order chi connectivity index (χ1) is 11.6. The van der Waals surface area contributed by atoms with Crippen LogP contribution >= 0.6 is 23.8 Å². The Labute approximate surface area is 150 Å². The van der Waals surface area contributed by atoms with Gasteiger partial charge in [0, 0.05) is 5.56 Å². The van der Waals surface area contributed by atoms with Crippen LogP contribution in [0.2, 0.25) is 5.02 Å². The molecular formula is C18H15ClN4S. The molecule has 0 aliphatic heterocycles. The zero-order valence-electron chi connectivity index (χ0n) is 13.0. The predicted molar refractivity (Wildman–Crippen MR) is 102 cm³/mol. The molecule has 3 rings (SSSR count). The Morgan fingerprint density at radius 1 is 1.17 bits per heavy atom. The molecule has 6 heteroatoms. The highest BCUT2D eigenvalue weighted by molar-refractivity contribution is 7.71. The summed E-state index contributed by atoms with van der Waals surface area (Å²) in [7, 11) is 0. The zero-order chi connectivity index (χ0) is 16.9. The van der Waals surface area contributed by atoms with Crippen molar-refractivity contribution in [2.45, 2.75) is 6.92 Å². The van der Waals surface area contributed by atoms with Gasteiger partial charge >= 0.3 is 0 Å². The SMILES string of the molecule is CC(C=Nn1c(-c2ccccc2Cl)n[nH]c1=S)=Cc1ccccc1. The molecule has 1 heterocycles. The summed E-state index contributed by atoms with van der Waals surface area (Å²) in [6.07, 6.45) is 3.79. The Balaban J connectivity index is 1.94. The molecule has 120 valence electrons. The van der Waals surface area contributed by atoms with Crippen LogP contribution in [0.25, 0.3) is 17.5 Å². The van der Waals surface area contributed by atoms with Gasteiger partial charge in [-0.05, 0) is 42.4 Å². The maximum absolute atomic E-state index is 6.25. The van der Waals surface area contributed by atoms with Crippen LogP contribution in [-0.4, -0.2) is 21.1 Å². The molecule has 3 aromatic rings. The molecule has 0 saturated carbocycles. The Hall–Kier alpha value is -2.50. The second-order valence-corrected chi connectivity index (χ2v) is 5.98. The number of aromatic nitrogens is 3. The number of benzene rings is 2. The van der Waals surface area contributed by atoms with Crippen molar-refractivity contribution in [3.63, 3.8) is 0 Å². The molecule has 0 aliphatic rings. The Kier molecular flexibility index (Phi) is 5.03. The molecule has 0 bridgehead atoms. The third kappa shape index (κ3) is 3.69. The number of allylic oxidation sites excluding steroid dienone is 1. The van der Waals surface area contributed by atoms with E-state index in [1.807, 2.05) is 67.6 Å². The number of hydrogen-bond acceptors (Lipinski definition) is 3. The summed E-state index contributed by atoms with van der Waals surface area (Å²) < 4.78 is 1.98. The van der Waals surface area contributed by atoms with Crippen molar-refractivity contribution in [3.05, 3.63) is 75.5 Å². The van der Waals surface area contributed by atoms with Crippen LogP contribution in [0.5, 0.6) is 0 Å². The summed E-state index contributed by atoms with van der Waals surface area (Å²) in [5.41, 5.74) is 2.88. The Morgan fingerprint density at radius 2 is 1.88 bits per heavy atom. The number of nitrogens with one attached hydrogen (secondary N) is 1. The van der Waals surface area contributed by atoms with Gasteiger partial charge in [-0.25, -0.2) is 5.10 Å². The Bertz CT molecular complexity index is 954. The van der Waals surface area contributed by atoms with Crippen LogP contribution in [-0.2, 0) is 0 Å². The van der Waals surface area contributed by atoms with E-state index in [0.29, 0.717) is 15.6 Å². The van der Waals surface area contributed by atoms with Crippen LogP contribution in [0, 0.1) is 4.77 Å². The fraction of sp³-hybridized carbons (Fsp3) is 0.0556. The molecule has 24 heavy (non-hydrogen) atoms. The van der Waals surface area contributed by atoms with Crippen molar-refractivity contribution in [1.29, 1.82) is 0 Å². The van der Waals surface area contributed by atoms with E-state index in [9.17, 15) is 0 Å². The average Bonchev–Trinajstić information content (AvgIpc) is 2.95. The topological polar surface area (TPSA) is 46.0 Å². The molecule has 0 amide bonds. The largest absolute Gasteiger partial charge is 0.250 e. The second-order valence-electron chi connectivity index (χ2n) is 5.19. The molecule has 0 saturated heterocycles. The first kappa shape index (κ1) is 16.4. The summed E-state index contributed by atoms with van der Waals surface area (Å²) in [4.78, 5) is 0. The number of nitrogens with zero attached hydrogens (tertiary/aromatic N) is 3. The minimum atomic E-state index is 0.411. The van der Waals surface area contributed by atoms with E-state index in [1.165, 1.54) is 0 Å². The van der Waals surface area contributed by atoms with Gasteiger partial charge in [0.25, 0.3) is 0 Å². The fourth-order valence-electron chi connectivity index (χ4n) is 2.21. The van der Waals surface area contributed by atoms with E-state index < -0.39 is 0 Å².